The molecule has 0 saturated carbocycles. The number of para-hydroxylation sites is 3. The molecular weight excluding hydrogens is 713 g/mol. The summed E-state index contributed by atoms with van der Waals surface area (Å²) in [6, 6.07) is 66.0. The van der Waals surface area contributed by atoms with Crippen molar-refractivity contribution in [2.75, 3.05) is 17.1 Å². The summed E-state index contributed by atoms with van der Waals surface area (Å²) >= 11 is 0. The van der Waals surface area contributed by atoms with Gasteiger partial charge in [0.05, 0.1) is 28.1 Å². The Labute approximate surface area is 338 Å². The predicted molar refractivity (Wildman–Crippen MR) is 240 cm³/mol. The van der Waals surface area contributed by atoms with Crippen LogP contribution in [0.2, 0.25) is 0 Å². The van der Waals surface area contributed by atoms with Gasteiger partial charge >= 0.3 is 0 Å². The summed E-state index contributed by atoms with van der Waals surface area (Å²) in [6.07, 6.45) is 1.93. The van der Waals surface area contributed by atoms with Gasteiger partial charge in [0.1, 0.15) is 5.82 Å². The Morgan fingerprint density at radius 1 is 0.561 bits per heavy atom. The molecule has 3 heterocycles. The number of fused-ring (bicyclic) bond motifs is 4. The minimum Gasteiger partial charge on any atom is -0.294 e. The number of benzene rings is 7. The Balaban J connectivity index is 1.23. The highest BCUT2D eigenvalue weighted by Crippen LogP contribution is 2.40. The number of nitrogens with zero attached hydrogens (tertiary/aromatic N) is 4. The fraction of sp³-hybridized carbons (Fsp3) is 0.0784. The van der Waals surface area contributed by atoms with Crippen molar-refractivity contribution in [3.63, 3.8) is 0 Å². The topological polar surface area (TPSA) is 33.5 Å². The van der Waals surface area contributed by atoms with E-state index in [-0.39, 0.29) is 0 Å². The Morgan fingerprint density at radius 3 is 1.98 bits per heavy atom. The van der Waals surface area contributed by atoms with Crippen molar-refractivity contribution in [2.24, 2.45) is 0 Å². The third-order valence-corrected chi connectivity index (χ3v) is 16.1. The monoisotopic (exact) mass is 757 g/mol. The lowest BCUT2D eigenvalue weighted by Gasteiger charge is -2.35. The standard InChI is InChI=1S/C51H42N4OSi/c1-36(2)43-23-10-11-24-44(43)37-31-32-52-51(33-37)54-47-26-13-12-25-45(47)46-30-29-42(35-50(46)54)57(39-18-6-4-7-19-39,40-20-8-5-9-21-40)41-22-16-17-38(34-41)55-49-28-15-14-27-48(49)53(3)56-55/h4-36H,1-3H3/i3D3. The van der Waals surface area contributed by atoms with Gasteiger partial charge < -0.3 is 0 Å². The Hall–Kier alpha value is -6.73. The average molecular weight is 758 g/mol. The first-order valence-electron chi connectivity index (χ1n) is 20.9. The first-order chi connectivity index (χ1) is 29.2. The van der Waals surface area contributed by atoms with E-state index in [1.807, 2.05) is 30.5 Å². The highest BCUT2D eigenvalue weighted by molar-refractivity contribution is 7.20. The summed E-state index contributed by atoms with van der Waals surface area (Å²) < 4.78 is 27.1. The van der Waals surface area contributed by atoms with E-state index in [0.717, 1.165) is 49.1 Å². The Morgan fingerprint density at radius 2 is 1.21 bits per heavy atom. The summed E-state index contributed by atoms with van der Waals surface area (Å²) in [4.78, 5) is 11.3. The lowest BCUT2D eigenvalue weighted by molar-refractivity contribution is 0.142. The number of rotatable bonds is 8. The third kappa shape index (κ3) is 5.68. The van der Waals surface area contributed by atoms with Crippen LogP contribution in [-0.4, -0.2) is 24.6 Å². The van der Waals surface area contributed by atoms with Crippen LogP contribution in [0, 0.1) is 0 Å². The first-order valence-corrected chi connectivity index (χ1v) is 21.4. The van der Waals surface area contributed by atoms with E-state index >= 15 is 0 Å². The van der Waals surface area contributed by atoms with E-state index in [4.69, 9.17) is 14.0 Å². The van der Waals surface area contributed by atoms with Crippen LogP contribution in [0.3, 0.4) is 0 Å². The fourth-order valence-electron chi connectivity index (χ4n) is 8.83. The second-order valence-electron chi connectivity index (χ2n) is 14.9. The zero-order valence-electron chi connectivity index (χ0n) is 34.7. The maximum Gasteiger partial charge on any atom is 0.179 e. The van der Waals surface area contributed by atoms with Gasteiger partial charge in [-0.3, -0.25) is 4.57 Å². The SMILES string of the molecule is [2H]C([2H])([2H])N1ON(c2cccc([Si](c3ccccc3)(c3ccccc3)c3ccc4c5ccccc5n(-c5cc(-c6ccccc6C(C)C)ccn5)c4c3)c2)c2ccccc21. The molecule has 2 aromatic heterocycles. The molecule has 9 aromatic rings. The molecule has 10 rings (SSSR count). The molecule has 0 atom stereocenters. The van der Waals surface area contributed by atoms with Crippen molar-refractivity contribution in [3.05, 3.63) is 200 Å². The number of hydrogen-bond acceptors (Lipinski definition) is 4. The van der Waals surface area contributed by atoms with E-state index < -0.39 is 15.0 Å². The molecule has 276 valence electrons. The van der Waals surface area contributed by atoms with Gasteiger partial charge in [-0.1, -0.05) is 153 Å². The summed E-state index contributed by atoms with van der Waals surface area (Å²) in [5.74, 6) is 1.22. The van der Waals surface area contributed by atoms with Crippen molar-refractivity contribution in [2.45, 2.75) is 19.8 Å². The first kappa shape index (κ1) is 31.5. The number of hydrogen-bond donors (Lipinski definition) is 0. The normalized spacial score (nSPS) is 13.8. The zero-order valence-corrected chi connectivity index (χ0v) is 32.7. The molecule has 0 fully saturated rings. The summed E-state index contributed by atoms with van der Waals surface area (Å²) in [5.41, 5.74) is 7.68. The van der Waals surface area contributed by atoms with Gasteiger partial charge in [0.2, 0.25) is 0 Å². The van der Waals surface area contributed by atoms with E-state index in [9.17, 15) is 0 Å². The Kier molecular flexibility index (Phi) is 7.78. The fourth-order valence-corrected chi connectivity index (χ4v) is 13.6. The minimum absolute atomic E-state index is 0.369. The molecule has 1 aliphatic rings. The maximum absolute atomic E-state index is 8.27. The van der Waals surface area contributed by atoms with Gasteiger partial charge in [-0.05, 0) is 91.9 Å². The third-order valence-electron chi connectivity index (χ3n) is 11.4. The van der Waals surface area contributed by atoms with E-state index in [1.54, 1.807) is 11.1 Å². The number of pyridine rings is 1. The second kappa shape index (κ2) is 14.1. The van der Waals surface area contributed by atoms with Gasteiger partial charge in [0, 0.05) is 28.1 Å². The van der Waals surface area contributed by atoms with E-state index in [2.05, 4.69) is 176 Å². The lowest BCUT2D eigenvalue weighted by atomic mass is 9.93. The van der Waals surface area contributed by atoms with Gasteiger partial charge in [-0.15, -0.1) is 4.94 Å². The van der Waals surface area contributed by atoms with Crippen LogP contribution in [0.1, 0.15) is 29.4 Å². The summed E-state index contributed by atoms with van der Waals surface area (Å²) in [5, 5.41) is 9.71. The molecule has 5 nitrogen and oxygen atoms in total. The van der Waals surface area contributed by atoms with Crippen molar-refractivity contribution < 1.29 is 9.05 Å². The van der Waals surface area contributed by atoms with Crippen LogP contribution in [0.15, 0.2) is 194 Å². The molecule has 0 bridgehead atoms. The lowest BCUT2D eigenvalue weighted by Crippen LogP contribution is -2.74. The van der Waals surface area contributed by atoms with E-state index in [1.165, 1.54) is 26.7 Å². The molecule has 0 saturated heterocycles. The van der Waals surface area contributed by atoms with Gasteiger partial charge in [-0.2, -0.15) is 5.06 Å². The number of anilines is 3. The molecule has 0 spiro atoms. The van der Waals surface area contributed by atoms with Crippen LogP contribution < -0.4 is 30.9 Å². The molecule has 57 heavy (non-hydrogen) atoms. The molecule has 0 aliphatic carbocycles. The van der Waals surface area contributed by atoms with Crippen LogP contribution in [0.25, 0.3) is 38.8 Å². The predicted octanol–water partition coefficient (Wildman–Crippen LogP) is 9.78. The highest BCUT2D eigenvalue weighted by Gasteiger charge is 2.42. The molecule has 1 aliphatic heterocycles. The van der Waals surface area contributed by atoms with Crippen molar-refractivity contribution in [1.29, 1.82) is 0 Å². The van der Waals surface area contributed by atoms with Crippen LogP contribution in [0.5, 0.6) is 0 Å². The van der Waals surface area contributed by atoms with Gasteiger partial charge in [0.15, 0.2) is 8.07 Å². The highest BCUT2D eigenvalue weighted by atomic mass is 28.3. The van der Waals surface area contributed by atoms with Crippen molar-refractivity contribution >= 4 is 67.7 Å². The average Bonchev–Trinajstić information content (AvgIpc) is 3.85. The molecule has 0 N–H and O–H groups in total. The smallest absolute Gasteiger partial charge is 0.179 e. The summed E-state index contributed by atoms with van der Waals surface area (Å²) in [7, 11) is -3.14. The zero-order chi connectivity index (χ0) is 41.0. The second-order valence-corrected chi connectivity index (χ2v) is 18.7. The largest absolute Gasteiger partial charge is 0.294 e. The van der Waals surface area contributed by atoms with Crippen molar-refractivity contribution in [1.82, 2.24) is 9.55 Å². The maximum atomic E-state index is 8.27. The van der Waals surface area contributed by atoms with Gasteiger partial charge in [0.25, 0.3) is 0 Å². The molecular formula is C51H42N4OSi. The Bertz CT molecular complexity index is 2980. The quantitative estimate of drug-likeness (QED) is 0.114. The van der Waals surface area contributed by atoms with Gasteiger partial charge in [-0.25, -0.2) is 10.0 Å². The molecule has 7 aromatic carbocycles. The number of aromatic nitrogens is 2. The molecule has 0 unspecified atom stereocenters. The number of hydroxylamine groups is 1. The molecule has 0 amide bonds. The minimum atomic E-state index is -3.14. The van der Waals surface area contributed by atoms with Crippen LogP contribution >= 0.6 is 0 Å². The van der Waals surface area contributed by atoms with Crippen LogP contribution in [0.4, 0.5) is 17.1 Å². The van der Waals surface area contributed by atoms with E-state index in [0.29, 0.717) is 17.3 Å². The van der Waals surface area contributed by atoms with Crippen molar-refractivity contribution in [3.8, 4) is 16.9 Å². The molecule has 0 radical (unpaired) electrons. The molecule has 6 heteroatoms. The van der Waals surface area contributed by atoms with Crippen LogP contribution in [-0.2, 0) is 4.94 Å². The summed E-state index contributed by atoms with van der Waals surface area (Å²) in [6.45, 7) is 1.97.